The maximum atomic E-state index is 13.0. The summed E-state index contributed by atoms with van der Waals surface area (Å²) in [7, 11) is 3.06. The minimum Gasteiger partial charge on any atom is -0.871 e. The first kappa shape index (κ1) is 49.8. The molecular formula is C47H37AlCl2N2O12. The number of halogens is 2. The Morgan fingerprint density at radius 1 is 0.609 bits per heavy atom. The fraction of sp³-hybridized carbons (Fsp3) is 0.149. The summed E-state index contributed by atoms with van der Waals surface area (Å²) in [5.41, 5.74) is 3.91. The smallest absolute Gasteiger partial charge is 0.871 e. The third-order valence-electron chi connectivity index (χ3n) is 9.94. The van der Waals surface area contributed by atoms with Crippen LogP contribution in [-0.4, -0.2) is 81.3 Å². The van der Waals surface area contributed by atoms with Crippen LogP contribution in [0.25, 0.3) is 21.8 Å². The van der Waals surface area contributed by atoms with Crippen LogP contribution in [0.15, 0.2) is 103 Å². The summed E-state index contributed by atoms with van der Waals surface area (Å²) in [6.07, 6.45) is -0.563. The summed E-state index contributed by atoms with van der Waals surface area (Å²) < 4.78 is 13.5. The molecule has 0 aliphatic heterocycles. The number of hydrogen-bond acceptors (Lipinski definition) is 11. The maximum absolute atomic E-state index is 13.0. The number of carboxylic acid groups (broad SMARTS) is 3. The SMILES string of the molecule is CC(=O)c1cccc(C(=O)O)c1[O-].COc1ccc2c(c1)c(CC(=O)[O-])c(C)n2C(=O)c1ccc(Cl)cc1.COc1ccc2c(c1)c(CC(=O)[O-])c(C)n2C(=O)c1ccc(Cl)cc1.[Al+3]. The Bertz CT molecular complexity index is 2730. The zero-order valence-electron chi connectivity index (χ0n) is 34.9. The van der Waals surface area contributed by atoms with Crippen molar-refractivity contribution in [2.75, 3.05) is 14.2 Å². The number of carboxylic acids is 3. The van der Waals surface area contributed by atoms with E-state index in [9.17, 15) is 44.1 Å². The van der Waals surface area contributed by atoms with Crippen molar-refractivity contribution in [3.8, 4) is 17.2 Å². The number of fused-ring (bicyclic) bond motifs is 2. The second-order valence-electron chi connectivity index (χ2n) is 13.8. The maximum Gasteiger partial charge on any atom is 3.00 e. The van der Waals surface area contributed by atoms with Gasteiger partial charge in [-0.15, -0.1) is 0 Å². The van der Waals surface area contributed by atoms with Crippen LogP contribution in [-0.2, 0) is 22.4 Å². The van der Waals surface area contributed by atoms with Crippen molar-refractivity contribution in [2.45, 2.75) is 33.6 Å². The number of aliphatic carboxylic acids is 2. The molecule has 2 heterocycles. The number of carbonyl (C=O) groups excluding carboxylic acids is 5. The van der Waals surface area contributed by atoms with Crippen molar-refractivity contribution in [1.29, 1.82) is 0 Å². The van der Waals surface area contributed by atoms with Gasteiger partial charge in [0.05, 0.1) is 30.8 Å². The molecule has 0 unspecified atom stereocenters. The molecular weight excluding hydrogens is 882 g/mol. The Labute approximate surface area is 386 Å². The molecule has 0 spiro atoms. The number of Topliss-reactive ketones (excluding diaryl/α,β-unsaturated/α-hetero) is 1. The first-order valence-electron chi connectivity index (χ1n) is 18.8. The molecule has 0 saturated carbocycles. The van der Waals surface area contributed by atoms with Gasteiger partial charge in [0.25, 0.3) is 11.8 Å². The van der Waals surface area contributed by atoms with Gasteiger partial charge in [0, 0.05) is 73.7 Å². The number of benzene rings is 5. The fourth-order valence-electron chi connectivity index (χ4n) is 6.86. The van der Waals surface area contributed by atoms with Gasteiger partial charge in [-0.3, -0.25) is 23.5 Å². The number of nitrogens with zero attached hydrogens (tertiary/aromatic N) is 2. The van der Waals surface area contributed by atoms with Gasteiger partial charge >= 0.3 is 23.3 Å². The molecule has 5 aromatic carbocycles. The van der Waals surface area contributed by atoms with E-state index >= 15 is 0 Å². The van der Waals surface area contributed by atoms with E-state index in [0.29, 0.717) is 77.0 Å². The van der Waals surface area contributed by atoms with Gasteiger partial charge in [0.2, 0.25) is 0 Å². The topological polar surface area (TPSA) is 220 Å². The Morgan fingerprint density at radius 2 is 0.984 bits per heavy atom. The molecule has 0 aliphatic carbocycles. The van der Waals surface area contributed by atoms with E-state index in [4.69, 9.17) is 37.8 Å². The molecule has 324 valence electrons. The Hall–Kier alpha value is -6.89. The van der Waals surface area contributed by atoms with Gasteiger partial charge in [0.15, 0.2) is 5.78 Å². The van der Waals surface area contributed by atoms with Crippen molar-refractivity contribution in [3.05, 3.63) is 158 Å². The molecule has 0 amide bonds. The molecule has 64 heavy (non-hydrogen) atoms. The number of hydrogen-bond donors (Lipinski definition) is 1. The predicted octanol–water partition coefficient (Wildman–Crippen LogP) is 5.47. The van der Waals surface area contributed by atoms with Gasteiger partial charge < -0.3 is 39.5 Å². The van der Waals surface area contributed by atoms with E-state index in [2.05, 4.69) is 0 Å². The second kappa shape index (κ2) is 21.5. The number of methoxy groups -OCH3 is 2. The van der Waals surface area contributed by atoms with Crippen molar-refractivity contribution < 1.29 is 58.7 Å². The molecule has 7 aromatic rings. The molecule has 0 fully saturated rings. The van der Waals surface area contributed by atoms with E-state index in [1.165, 1.54) is 48.5 Å². The summed E-state index contributed by atoms with van der Waals surface area (Å²) in [5.74, 6) is -4.20. The van der Waals surface area contributed by atoms with Gasteiger partial charge in [-0.1, -0.05) is 41.1 Å². The van der Waals surface area contributed by atoms with E-state index in [-0.39, 0.29) is 53.1 Å². The summed E-state index contributed by atoms with van der Waals surface area (Å²) in [6.45, 7) is 4.67. The fourth-order valence-corrected chi connectivity index (χ4v) is 7.11. The third-order valence-corrected chi connectivity index (χ3v) is 10.4. The Morgan fingerprint density at radius 3 is 1.31 bits per heavy atom. The Kier molecular flexibility index (Phi) is 16.7. The molecule has 0 aliphatic rings. The standard InChI is InChI=1S/2C19H16ClNO4.C9H8O4.Al/c2*1-11-15(10-18(22)23)16-9-14(25-2)7-8-17(16)21(11)19(24)12-3-5-13(20)6-4-12;1-5(10)6-3-2-4-7(8(6)11)9(12)13;/h2*3-9H,10H2,1-2H3,(H,22,23);2-4,11H,1H3,(H,12,13);/q;;;+3/p-3. The zero-order valence-corrected chi connectivity index (χ0v) is 37.6. The van der Waals surface area contributed by atoms with Crippen molar-refractivity contribution in [2.24, 2.45) is 0 Å². The van der Waals surface area contributed by atoms with Crippen molar-refractivity contribution in [3.63, 3.8) is 0 Å². The third kappa shape index (κ3) is 11.0. The van der Waals surface area contributed by atoms with E-state index in [0.717, 1.165) is 0 Å². The summed E-state index contributed by atoms with van der Waals surface area (Å²) in [5, 5.41) is 44.5. The molecule has 0 atom stereocenters. The number of aromatic carboxylic acids is 1. The van der Waals surface area contributed by atoms with Gasteiger partial charge in [-0.25, -0.2) is 4.79 Å². The van der Waals surface area contributed by atoms with Crippen LogP contribution in [0, 0.1) is 13.8 Å². The first-order chi connectivity index (χ1) is 29.9. The molecule has 2 aromatic heterocycles. The minimum absolute atomic E-state index is 0. The van der Waals surface area contributed by atoms with E-state index in [1.54, 1.807) is 98.8 Å². The molecule has 0 saturated heterocycles. The Balaban J connectivity index is 0.000000220. The normalized spacial score (nSPS) is 10.4. The monoisotopic (exact) mass is 918 g/mol. The minimum atomic E-state index is -1.31. The number of carbonyl (C=O) groups is 6. The summed E-state index contributed by atoms with van der Waals surface area (Å²) >= 11 is 11.8. The molecule has 0 radical (unpaired) electrons. The molecule has 0 bridgehead atoms. The van der Waals surface area contributed by atoms with Gasteiger partial charge in [-0.2, -0.15) is 0 Å². The van der Waals surface area contributed by atoms with Crippen molar-refractivity contribution >= 4 is 97.9 Å². The number of rotatable bonds is 10. The van der Waals surface area contributed by atoms with Crippen LogP contribution in [0.3, 0.4) is 0 Å². The number of ether oxygens (including phenoxy) is 2. The van der Waals surface area contributed by atoms with Crippen LogP contribution in [0.4, 0.5) is 0 Å². The van der Waals surface area contributed by atoms with Gasteiger partial charge in [0.1, 0.15) is 11.5 Å². The summed E-state index contributed by atoms with van der Waals surface area (Å²) in [6, 6.07) is 27.4. The summed E-state index contributed by atoms with van der Waals surface area (Å²) in [4.78, 5) is 69.6. The quantitative estimate of drug-likeness (QED) is 0.133. The first-order valence-corrected chi connectivity index (χ1v) is 19.5. The molecule has 1 N–H and O–H groups in total. The van der Waals surface area contributed by atoms with E-state index < -0.39 is 29.4 Å². The average molecular weight is 920 g/mol. The zero-order chi connectivity index (χ0) is 46.3. The second-order valence-corrected chi connectivity index (χ2v) is 14.7. The van der Waals surface area contributed by atoms with E-state index in [1.807, 2.05) is 0 Å². The van der Waals surface area contributed by atoms with Crippen LogP contribution in [0.5, 0.6) is 17.2 Å². The molecule has 17 heteroatoms. The van der Waals surface area contributed by atoms with Crippen molar-refractivity contribution in [1.82, 2.24) is 9.13 Å². The largest absolute Gasteiger partial charge is 3.00 e. The van der Waals surface area contributed by atoms with Gasteiger partial charge in [-0.05, 0) is 123 Å². The average Bonchev–Trinajstić information content (AvgIpc) is 3.67. The molecule has 14 nitrogen and oxygen atoms in total. The van der Waals surface area contributed by atoms with Crippen LogP contribution in [0.2, 0.25) is 10.0 Å². The number of aromatic nitrogens is 2. The number of para-hydroxylation sites is 1. The number of ketones is 1. The van der Waals surface area contributed by atoms with Crippen LogP contribution < -0.4 is 24.8 Å². The van der Waals surface area contributed by atoms with Crippen LogP contribution in [0.1, 0.15) is 70.9 Å². The molecule has 7 rings (SSSR count). The predicted molar refractivity (Wildman–Crippen MR) is 235 cm³/mol. The van der Waals surface area contributed by atoms with Crippen LogP contribution >= 0.6 is 23.2 Å².